The van der Waals surface area contributed by atoms with Crippen LogP contribution in [0.3, 0.4) is 0 Å². The molecule has 0 amide bonds. The van der Waals surface area contributed by atoms with Gasteiger partial charge in [-0.15, -0.1) is 11.3 Å². The highest BCUT2D eigenvalue weighted by Crippen LogP contribution is 2.30. The summed E-state index contributed by atoms with van der Waals surface area (Å²) in [4.78, 5) is 9.71. The summed E-state index contributed by atoms with van der Waals surface area (Å²) in [5, 5.41) is 16.3. The molecule has 3 rings (SSSR count). The molecule has 1 saturated carbocycles. The van der Waals surface area contributed by atoms with Crippen LogP contribution in [0.4, 0.5) is 5.82 Å². The van der Waals surface area contributed by atoms with E-state index in [-0.39, 0.29) is 6.10 Å². The maximum Gasteiger partial charge on any atom is 0.138 e. The van der Waals surface area contributed by atoms with E-state index in [2.05, 4.69) is 27.6 Å². The number of anilines is 1. The molecular formula is C13H17N3OS. The summed E-state index contributed by atoms with van der Waals surface area (Å²) < 4.78 is 0. The molecule has 18 heavy (non-hydrogen) atoms. The Morgan fingerprint density at radius 2 is 2.06 bits per heavy atom. The molecule has 2 heterocycles. The van der Waals surface area contributed by atoms with Crippen LogP contribution >= 0.6 is 11.3 Å². The van der Waals surface area contributed by atoms with E-state index in [0.29, 0.717) is 6.04 Å². The zero-order chi connectivity index (χ0) is 12.5. The smallest absolute Gasteiger partial charge is 0.138 e. The van der Waals surface area contributed by atoms with Crippen LogP contribution in [0.5, 0.6) is 0 Å². The molecule has 0 radical (unpaired) electrons. The van der Waals surface area contributed by atoms with Crippen LogP contribution in [0.25, 0.3) is 10.2 Å². The SMILES string of the molecule is Cc1csc2ncnc(NC3CCC(O)CC3)c12. The third-order valence-corrected chi connectivity index (χ3v) is 4.60. The number of hydrogen-bond acceptors (Lipinski definition) is 5. The van der Waals surface area contributed by atoms with Crippen LogP contribution in [0.1, 0.15) is 31.2 Å². The van der Waals surface area contributed by atoms with Crippen molar-refractivity contribution in [1.29, 1.82) is 0 Å². The zero-order valence-corrected chi connectivity index (χ0v) is 11.2. The van der Waals surface area contributed by atoms with Crippen molar-refractivity contribution >= 4 is 27.4 Å². The van der Waals surface area contributed by atoms with Gasteiger partial charge in [-0.05, 0) is 43.6 Å². The average Bonchev–Trinajstić information content (AvgIpc) is 2.75. The zero-order valence-electron chi connectivity index (χ0n) is 10.4. The first-order valence-electron chi connectivity index (χ1n) is 6.37. The van der Waals surface area contributed by atoms with Crippen LogP contribution < -0.4 is 5.32 Å². The highest BCUT2D eigenvalue weighted by atomic mass is 32.1. The second-order valence-corrected chi connectivity index (χ2v) is 5.83. The fraction of sp³-hybridized carbons (Fsp3) is 0.538. The van der Waals surface area contributed by atoms with Crippen LogP contribution in [-0.2, 0) is 0 Å². The van der Waals surface area contributed by atoms with Gasteiger partial charge in [0, 0.05) is 6.04 Å². The Hall–Kier alpha value is -1.20. The lowest BCUT2D eigenvalue weighted by atomic mass is 9.93. The van der Waals surface area contributed by atoms with Crippen LogP contribution in [0.2, 0.25) is 0 Å². The predicted molar refractivity (Wildman–Crippen MR) is 74.0 cm³/mol. The molecule has 96 valence electrons. The Balaban J connectivity index is 1.84. The number of hydrogen-bond donors (Lipinski definition) is 2. The van der Waals surface area contributed by atoms with E-state index >= 15 is 0 Å². The van der Waals surface area contributed by atoms with E-state index in [0.717, 1.165) is 41.7 Å². The number of nitrogens with one attached hydrogen (secondary N) is 1. The van der Waals surface area contributed by atoms with Gasteiger partial charge >= 0.3 is 0 Å². The molecule has 0 unspecified atom stereocenters. The van der Waals surface area contributed by atoms with Crippen LogP contribution in [0, 0.1) is 6.92 Å². The van der Waals surface area contributed by atoms with Crippen molar-refractivity contribution in [3.8, 4) is 0 Å². The highest BCUT2D eigenvalue weighted by Gasteiger charge is 2.20. The van der Waals surface area contributed by atoms with Gasteiger partial charge < -0.3 is 10.4 Å². The minimum absolute atomic E-state index is 0.114. The third kappa shape index (κ3) is 2.20. The molecule has 2 aromatic rings. The molecule has 1 aliphatic carbocycles. The summed E-state index contributed by atoms with van der Waals surface area (Å²) in [7, 11) is 0. The van der Waals surface area contributed by atoms with E-state index in [1.165, 1.54) is 5.56 Å². The van der Waals surface area contributed by atoms with Gasteiger partial charge in [-0.1, -0.05) is 0 Å². The van der Waals surface area contributed by atoms with E-state index in [9.17, 15) is 5.11 Å². The lowest BCUT2D eigenvalue weighted by Crippen LogP contribution is -2.28. The number of aliphatic hydroxyl groups is 1. The maximum absolute atomic E-state index is 9.52. The van der Waals surface area contributed by atoms with Gasteiger partial charge in [-0.2, -0.15) is 0 Å². The monoisotopic (exact) mass is 263 g/mol. The number of aromatic nitrogens is 2. The van der Waals surface area contributed by atoms with Gasteiger partial charge in [0.05, 0.1) is 11.5 Å². The number of fused-ring (bicyclic) bond motifs is 1. The minimum atomic E-state index is -0.114. The quantitative estimate of drug-likeness (QED) is 0.874. The number of thiophene rings is 1. The molecule has 1 fully saturated rings. The Kier molecular flexibility index (Phi) is 3.18. The predicted octanol–water partition coefficient (Wildman–Crippen LogP) is 2.72. The van der Waals surface area contributed by atoms with Crippen molar-refractivity contribution in [3.63, 3.8) is 0 Å². The Bertz CT molecular complexity index is 546. The van der Waals surface area contributed by atoms with Gasteiger partial charge in [0.1, 0.15) is 17.0 Å². The first-order chi connectivity index (χ1) is 8.74. The number of nitrogens with zero attached hydrogens (tertiary/aromatic N) is 2. The normalized spacial score (nSPS) is 24.3. The first-order valence-corrected chi connectivity index (χ1v) is 7.25. The molecule has 5 heteroatoms. The molecule has 0 bridgehead atoms. The molecule has 0 atom stereocenters. The molecule has 0 spiro atoms. The van der Waals surface area contributed by atoms with Crippen LogP contribution in [-0.4, -0.2) is 27.2 Å². The van der Waals surface area contributed by atoms with Crippen molar-refractivity contribution in [2.75, 3.05) is 5.32 Å². The fourth-order valence-electron chi connectivity index (χ4n) is 2.54. The Morgan fingerprint density at radius 1 is 1.28 bits per heavy atom. The van der Waals surface area contributed by atoms with E-state index < -0.39 is 0 Å². The number of aliphatic hydroxyl groups excluding tert-OH is 1. The number of rotatable bonds is 2. The lowest BCUT2D eigenvalue weighted by Gasteiger charge is -2.26. The summed E-state index contributed by atoms with van der Waals surface area (Å²) in [6, 6.07) is 0.422. The molecule has 0 saturated heterocycles. The average molecular weight is 263 g/mol. The van der Waals surface area contributed by atoms with Gasteiger partial charge in [0.15, 0.2) is 0 Å². The molecule has 2 aromatic heterocycles. The molecule has 2 N–H and O–H groups in total. The topological polar surface area (TPSA) is 58.0 Å². The highest BCUT2D eigenvalue weighted by molar-refractivity contribution is 7.17. The van der Waals surface area contributed by atoms with Gasteiger partial charge in [-0.25, -0.2) is 9.97 Å². The van der Waals surface area contributed by atoms with Gasteiger partial charge in [0.2, 0.25) is 0 Å². The van der Waals surface area contributed by atoms with Gasteiger partial charge in [-0.3, -0.25) is 0 Å². The molecule has 4 nitrogen and oxygen atoms in total. The standard InChI is InChI=1S/C13H17N3OS/c1-8-6-18-13-11(8)12(14-7-15-13)16-9-2-4-10(17)5-3-9/h6-7,9-10,17H,2-5H2,1H3,(H,14,15,16). The summed E-state index contributed by atoms with van der Waals surface area (Å²) in [5.41, 5.74) is 1.23. The Morgan fingerprint density at radius 3 is 2.83 bits per heavy atom. The second-order valence-electron chi connectivity index (χ2n) is 4.97. The Labute approximate surface area is 110 Å². The van der Waals surface area contributed by atoms with Crippen molar-refractivity contribution in [2.45, 2.75) is 44.8 Å². The molecule has 0 aromatic carbocycles. The minimum Gasteiger partial charge on any atom is -0.393 e. The van der Waals surface area contributed by atoms with Gasteiger partial charge in [0.25, 0.3) is 0 Å². The summed E-state index contributed by atoms with van der Waals surface area (Å²) in [6.45, 7) is 2.10. The molecular weight excluding hydrogens is 246 g/mol. The van der Waals surface area contributed by atoms with Crippen molar-refractivity contribution < 1.29 is 5.11 Å². The van der Waals surface area contributed by atoms with E-state index in [4.69, 9.17) is 0 Å². The summed E-state index contributed by atoms with van der Waals surface area (Å²) in [6.07, 6.45) is 5.30. The first kappa shape index (κ1) is 11.9. The third-order valence-electron chi connectivity index (χ3n) is 3.59. The van der Waals surface area contributed by atoms with E-state index in [1.54, 1.807) is 17.7 Å². The number of aryl methyl sites for hydroxylation is 1. The largest absolute Gasteiger partial charge is 0.393 e. The summed E-state index contributed by atoms with van der Waals surface area (Å²) in [5.74, 6) is 0.945. The van der Waals surface area contributed by atoms with Crippen molar-refractivity contribution in [3.05, 3.63) is 17.3 Å². The lowest BCUT2D eigenvalue weighted by molar-refractivity contribution is 0.126. The molecule has 1 aliphatic rings. The maximum atomic E-state index is 9.52. The fourth-order valence-corrected chi connectivity index (χ4v) is 3.43. The van der Waals surface area contributed by atoms with Crippen molar-refractivity contribution in [2.24, 2.45) is 0 Å². The molecule has 0 aliphatic heterocycles. The van der Waals surface area contributed by atoms with E-state index in [1.807, 2.05) is 0 Å². The summed E-state index contributed by atoms with van der Waals surface area (Å²) >= 11 is 1.66. The second kappa shape index (κ2) is 4.82. The van der Waals surface area contributed by atoms with Crippen LogP contribution in [0.15, 0.2) is 11.7 Å². The van der Waals surface area contributed by atoms with Crippen molar-refractivity contribution in [1.82, 2.24) is 9.97 Å².